The van der Waals surface area contributed by atoms with Gasteiger partial charge in [-0.2, -0.15) is 15.4 Å². The summed E-state index contributed by atoms with van der Waals surface area (Å²) in [6.45, 7) is 4.13. The Hall–Kier alpha value is -0.640. The average Bonchev–Trinajstić information content (AvgIpc) is 2.45. The zero-order valence-corrected chi connectivity index (χ0v) is 8.33. The van der Waals surface area contributed by atoms with Crippen LogP contribution in [0.1, 0.15) is 11.1 Å². The van der Waals surface area contributed by atoms with Crippen molar-refractivity contribution < 1.29 is 22.4 Å². The third-order valence-corrected chi connectivity index (χ3v) is 2.01. The molecule has 0 amide bonds. The molecule has 1 heterocycles. The standard InChI is InChI=1S/C8H9N3.Ag/c1-5-3-4-7-8(6(5)2)10-11-9-7;/h3-4H,1-2H3,(H,9,10,11);. The molecule has 1 radical (unpaired) electrons. The molecule has 12 heavy (non-hydrogen) atoms. The van der Waals surface area contributed by atoms with E-state index in [4.69, 9.17) is 0 Å². The van der Waals surface area contributed by atoms with Crippen molar-refractivity contribution in [2.24, 2.45) is 0 Å². The maximum atomic E-state index is 4.04. The third-order valence-electron chi connectivity index (χ3n) is 2.01. The molecule has 0 saturated heterocycles. The minimum Gasteiger partial charge on any atom is -0.197 e. The van der Waals surface area contributed by atoms with Crippen LogP contribution in [0, 0.1) is 13.8 Å². The van der Waals surface area contributed by atoms with Gasteiger partial charge >= 0.3 is 0 Å². The van der Waals surface area contributed by atoms with E-state index in [9.17, 15) is 0 Å². The number of hydrogen-bond donors (Lipinski definition) is 1. The first-order valence-electron chi connectivity index (χ1n) is 3.56. The monoisotopic (exact) mass is 254 g/mol. The number of hydrogen-bond acceptors (Lipinski definition) is 2. The summed E-state index contributed by atoms with van der Waals surface area (Å²) in [4.78, 5) is 0. The molecular formula is C8H9AgN3. The number of aromatic amines is 1. The second kappa shape index (κ2) is 3.39. The molecule has 0 aliphatic heterocycles. The third kappa shape index (κ3) is 1.31. The van der Waals surface area contributed by atoms with Gasteiger partial charge in [-0.3, -0.25) is 0 Å². The van der Waals surface area contributed by atoms with Crippen LogP contribution >= 0.6 is 0 Å². The summed E-state index contributed by atoms with van der Waals surface area (Å²) in [7, 11) is 0. The summed E-state index contributed by atoms with van der Waals surface area (Å²) in [5, 5.41) is 10.6. The molecule has 0 unspecified atom stereocenters. The van der Waals surface area contributed by atoms with Gasteiger partial charge < -0.3 is 0 Å². The van der Waals surface area contributed by atoms with E-state index in [2.05, 4.69) is 35.3 Å². The molecule has 0 fully saturated rings. The molecule has 0 aliphatic rings. The molecule has 0 aliphatic carbocycles. The van der Waals surface area contributed by atoms with Gasteiger partial charge in [0, 0.05) is 22.4 Å². The Balaban J connectivity index is 0.000000720. The number of H-pyrrole nitrogens is 1. The largest absolute Gasteiger partial charge is 0.197 e. The SMILES string of the molecule is Cc1ccc2n[nH]nc2c1C.[Ag]. The Morgan fingerprint density at radius 3 is 2.67 bits per heavy atom. The smallest absolute Gasteiger partial charge is 0.116 e. The maximum absolute atomic E-state index is 4.04. The molecule has 0 bridgehead atoms. The van der Waals surface area contributed by atoms with Crippen molar-refractivity contribution in [2.75, 3.05) is 0 Å². The van der Waals surface area contributed by atoms with Crippen molar-refractivity contribution in [3.8, 4) is 0 Å². The number of rotatable bonds is 0. The van der Waals surface area contributed by atoms with Gasteiger partial charge in [-0.1, -0.05) is 6.07 Å². The van der Waals surface area contributed by atoms with E-state index in [1.807, 2.05) is 6.07 Å². The first-order valence-corrected chi connectivity index (χ1v) is 3.56. The summed E-state index contributed by atoms with van der Waals surface area (Å²) in [5.74, 6) is 0. The van der Waals surface area contributed by atoms with Crippen molar-refractivity contribution in [3.05, 3.63) is 23.3 Å². The first kappa shape index (κ1) is 9.45. The summed E-state index contributed by atoms with van der Waals surface area (Å²) in [6, 6.07) is 4.03. The van der Waals surface area contributed by atoms with Crippen LogP contribution in [-0.4, -0.2) is 15.4 Å². The molecule has 2 aromatic rings. The Bertz CT molecular complexity index is 394. The second-order valence-electron chi connectivity index (χ2n) is 2.70. The van der Waals surface area contributed by atoms with E-state index < -0.39 is 0 Å². The normalized spacial score (nSPS) is 9.83. The number of fused-ring (bicyclic) bond motifs is 1. The van der Waals surface area contributed by atoms with Crippen LogP contribution in [0.2, 0.25) is 0 Å². The molecule has 67 valence electrons. The van der Waals surface area contributed by atoms with Gasteiger partial charge in [0.2, 0.25) is 0 Å². The van der Waals surface area contributed by atoms with Crippen LogP contribution < -0.4 is 0 Å². The minimum atomic E-state index is 0. The van der Waals surface area contributed by atoms with Gasteiger partial charge in [-0.05, 0) is 31.0 Å². The van der Waals surface area contributed by atoms with Crippen LogP contribution in [-0.2, 0) is 22.4 Å². The van der Waals surface area contributed by atoms with E-state index in [0.29, 0.717) is 0 Å². The maximum Gasteiger partial charge on any atom is 0.116 e. The average molecular weight is 255 g/mol. The molecule has 0 atom stereocenters. The van der Waals surface area contributed by atoms with Crippen LogP contribution in [0.5, 0.6) is 0 Å². The van der Waals surface area contributed by atoms with Crippen LogP contribution in [0.15, 0.2) is 12.1 Å². The molecule has 4 heteroatoms. The molecular weight excluding hydrogens is 246 g/mol. The van der Waals surface area contributed by atoms with Gasteiger partial charge in [-0.25, -0.2) is 0 Å². The Morgan fingerprint density at radius 2 is 1.92 bits per heavy atom. The minimum absolute atomic E-state index is 0. The van der Waals surface area contributed by atoms with E-state index in [1.54, 1.807) is 0 Å². The molecule has 1 aromatic carbocycles. The van der Waals surface area contributed by atoms with Crippen molar-refractivity contribution in [3.63, 3.8) is 0 Å². The molecule has 1 aromatic heterocycles. The number of aromatic nitrogens is 3. The topological polar surface area (TPSA) is 41.6 Å². The fraction of sp³-hybridized carbons (Fsp3) is 0.250. The van der Waals surface area contributed by atoms with Crippen LogP contribution in [0.25, 0.3) is 11.0 Å². The fourth-order valence-corrected chi connectivity index (χ4v) is 1.15. The quantitative estimate of drug-likeness (QED) is 0.726. The first-order chi connectivity index (χ1) is 5.29. The summed E-state index contributed by atoms with van der Waals surface area (Å²) in [5.41, 5.74) is 4.38. The molecule has 1 N–H and O–H groups in total. The van der Waals surface area contributed by atoms with Crippen molar-refractivity contribution in [1.82, 2.24) is 15.4 Å². The zero-order valence-electron chi connectivity index (χ0n) is 6.85. The van der Waals surface area contributed by atoms with Gasteiger partial charge in [0.15, 0.2) is 0 Å². The summed E-state index contributed by atoms with van der Waals surface area (Å²) in [6.07, 6.45) is 0. The van der Waals surface area contributed by atoms with Gasteiger partial charge in [0.1, 0.15) is 11.0 Å². The van der Waals surface area contributed by atoms with Crippen LogP contribution in [0.3, 0.4) is 0 Å². The second-order valence-corrected chi connectivity index (χ2v) is 2.70. The van der Waals surface area contributed by atoms with E-state index >= 15 is 0 Å². The van der Waals surface area contributed by atoms with Crippen LogP contribution in [0.4, 0.5) is 0 Å². The molecule has 3 nitrogen and oxygen atoms in total. The Morgan fingerprint density at radius 1 is 1.17 bits per heavy atom. The fourth-order valence-electron chi connectivity index (χ4n) is 1.15. The molecule has 0 spiro atoms. The predicted octanol–water partition coefficient (Wildman–Crippen LogP) is 1.57. The van der Waals surface area contributed by atoms with Gasteiger partial charge in [-0.15, -0.1) is 0 Å². The number of nitrogens with zero attached hydrogens (tertiary/aromatic N) is 2. The van der Waals surface area contributed by atoms with E-state index in [-0.39, 0.29) is 22.4 Å². The summed E-state index contributed by atoms with van der Waals surface area (Å²) < 4.78 is 0. The Kier molecular flexibility index (Phi) is 2.67. The van der Waals surface area contributed by atoms with E-state index in [1.165, 1.54) is 11.1 Å². The van der Waals surface area contributed by atoms with Crippen molar-refractivity contribution in [1.29, 1.82) is 0 Å². The molecule has 0 saturated carbocycles. The van der Waals surface area contributed by atoms with E-state index in [0.717, 1.165) is 11.0 Å². The van der Waals surface area contributed by atoms with Crippen molar-refractivity contribution >= 4 is 11.0 Å². The predicted molar refractivity (Wildman–Crippen MR) is 43.4 cm³/mol. The van der Waals surface area contributed by atoms with Gasteiger partial charge in [0.05, 0.1) is 0 Å². The summed E-state index contributed by atoms with van der Waals surface area (Å²) >= 11 is 0. The number of benzene rings is 1. The van der Waals surface area contributed by atoms with Crippen molar-refractivity contribution in [2.45, 2.75) is 13.8 Å². The number of aryl methyl sites for hydroxylation is 2. The number of nitrogens with one attached hydrogen (secondary N) is 1. The van der Waals surface area contributed by atoms with Gasteiger partial charge in [0.25, 0.3) is 0 Å². The molecule has 2 rings (SSSR count). The zero-order chi connectivity index (χ0) is 7.84. The Labute approximate surface area is 86.1 Å².